The van der Waals surface area contributed by atoms with Crippen LogP contribution in [-0.2, 0) is 5.54 Å². The van der Waals surface area contributed by atoms with Crippen LogP contribution in [0.25, 0.3) is 0 Å². The van der Waals surface area contributed by atoms with Gasteiger partial charge in [-0.05, 0) is 62.9 Å². The van der Waals surface area contributed by atoms with Gasteiger partial charge >= 0.3 is 0 Å². The number of rotatable bonds is 1. The second-order valence-electron chi connectivity index (χ2n) is 4.76. The number of aryl methyl sites for hydroxylation is 1. The Kier molecular flexibility index (Phi) is 2.78. The lowest BCUT2D eigenvalue weighted by molar-refractivity contribution is 0.434. The van der Waals surface area contributed by atoms with Gasteiger partial charge in [-0.1, -0.05) is 17.7 Å². The van der Waals surface area contributed by atoms with Crippen LogP contribution in [0.15, 0.2) is 12.1 Å². The highest BCUT2D eigenvalue weighted by Gasteiger charge is 2.30. The third kappa shape index (κ3) is 1.91. The first-order valence-electron chi connectivity index (χ1n) is 5.55. The molecule has 0 saturated carbocycles. The molecule has 82 valence electrons. The van der Waals surface area contributed by atoms with Crippen LogP contribution in [0, 0.1) is 13.8 Å². The zero-order chi connectivity index (χ0) is 11.1. The quantitative estimate of drug-likeness (QED) is 0.768. The maximum atomic E-state index is 6.23. The predicted molar refractivity (Wildman–Crippen MR) is 65.5 cm³/mol. The van der Waals surface area contributed by atoms with Crippen molar-refractivity contribution in [2.75, 3.05) is 6.54 Å². The van der Waals surface area contributed by atoms with Gasteiger partial charge in [0.25, 0.3) is 0 Å². The van der Waals surface area contributed by atoms with E-state index in [0.717, 1.165) is 11.6 Å². The predicted octanol–water partition coefficient (Wildman–Crippen LogP) is 3.56. The molecule has 0 spiro atoms. The zero-order valence-electron chi connectivity index (χ0n) is 9.65. The number of hydrogen-bond donors (Lipinski definition) is 1. The summed E-state index contributed by atoms with van der Waals surface area (Å²) in [7, 11) is 0. The summed E-state index contributed by atoms with van der Waals surface area (Å²) in [6.45, 7) is 7.58. The van der Waals surface area contributed by atoms with Crippen LogP contribution in [0.5, 0.6) is 0 Å². The standard InChI is InChI=1S/C13H18ClN/c1-9-7-11(8-12(14)10(9)2)13(3)5-4-6-15-13/h7-8,15H,4-6H2,1-3H3. The van der Waals surface area contributed by atoms with Gasteiger partial charge in [-0.3, -0.25) is 0 Å². The second kappa shape index (κ2) is 3.80. The summed E-state index contributed by atoms with van der Waals surface area (Å²) in [6, 6.07) is 4.38. The maximum Gasteiger partial charge on any atom is 0.0441 e. The number of hydrogen-bond acceptors (Lipinski definition) is 1. The fourth-order valence-electron chi connectivity index (χ4n) is 2.28. The van der Waals surface area contributed by atoms with E-state index in [4.69, 9.17) is 11.6 Å². The second-order valence-corrected chi connectivity index (χ2v) is 5.17. The molecule has 1 unspecified atom stereocenters. The summed E-state index contributed by atoms with van der Waals surface area (Å²) in [5, 5.41) is 4.45. The smallest absolute Gasteiger partial charge is 0.0441 e. The van der Waals surface area contributed by atoms with E-state index in [9.17, 15) is 0 Å². The normalized spacial score (nSPS) is 25.9. The van der Waals surface area contributed by atoms with Crippen LogP contribution in [0.1, 0.15) is 36.5 Å². The van der Waals surface area contributed by atoms with Gasteiger partial charge in [0.2, 0.25) is 0 Å². The van der Waals surface area contributed by atoms with Gasteiger partial charge in [0.1, 0.15) is 0 Å². The third-order valence-electron chi connectivity index (χ3n) is 3.61. The molecule has 1 N–H and O–H groups in total. The molecule has 1 fully saturated rings. The van der Waals surface area contributed by atoms with E-state index in [1.54, 1.807) is 0 Å². The van der Waals surface area contributed by atoms with Gasteiger partial charge in [0.05, 0.1) is 0 Å². The largest absolute Gasteiger partial charge is 0.308 e. The highest BCUT2D eigenvalue weighted by Crippen LogP contribution is 2.33. The van der Waals surface area contributed by atoms with E-state index in [1.165, 1.54) is 29.5 Å². The van der Waals surface area contributed by atoms with Gasteiger partial charge < -0.3 is 5.32 Å². The fraction of sp³-hybridized carbons (Fsp3) is 0.538. The summed E-state index contributed by atoms with van der Waals surface area (Å²) in [5.74, 6) is 0. The summed E-state index contributed by atoms with van der Waals surface area (Å²) >= 11 is 6.23. The molecule has 1 atom stereocenters. The van der Waals surface area contributed by atoms with Crippen LogP contribution in [0.3, 0.4) is 0 Å². The first-order valence-corrected chi connectivity index (χ1v) is 5.93. The minimum absolute atomic E-state index is 0.127. The van der Waals surface area contributed by atoms with Gasteiger partial charge in [-0.25, -0.2) is 0 Å². The molecule has 1 aliphatic heterocycles. The fourth-order valence-corrected chi connectivity index (χ4v) is 2.54. The van der Waals surface area contributed by atoms with Crippen LogP contribution >= 0.6 is 11.6 Å². The molecule has 1 saturated heterocycles. The first kappa shape index (κ1) is 11.0. The molecule has 0 amide bonds. The van der Waals surface area contributed by atoms with E-state index in [-0.39, 0.29) is 5.54 Å². The highest BCUT2D eigenvalue weighted by atomic mass is 35.5. The van der Waals surface area contributed by atoms with E-state index in [2.05, 4.69) is 38.2 Å². The van der Waals surface area contributed by atoms with E-state index < -0.39 is 0 Å². The maximum absolute atomic E-state index is 6.23. The Morgan fingerprint density at radius 2 is 2.07 bits per heavy atom. The van der Waals surface area contributed by atoms with Crippen LogP contribution in [0.2, 0.25) is 5.02 Å². The van der Waals surface area contributed by atoms with Crippen LogP contribution < -0.4 is 5.32 Å². The van der Waals surface area contributed by atoms with Gasteiger partial charge in [-0.15, -0.1) is 0 Å². The summed E-state index contributed by atoms with van der Waals surface area (Å²) in [5.41, 5.74) is 3.93. The molecule has 1 aromatic rings. The van der Waals surface area contributed by atoms with E-state index in [0.29, 0.717) is 0 Å². The van der Waals surface area contributed by atoms with Crippen molar-refractivity contribution in [2.24, 2.45) is 0 Å². The average Bonchev–Trinajstić information content (AvgIpc) is 2.62. The van der Waals surface area contributed by atoms with Crippen molar-refractivity contribution < 1.29 is 0 Å². The molecule has 1 heterocycles. The van der Waals surface area contributed by atoms with Crippen LogP contribution in [-0.4, -0.2) is 6.54 Å². The molecular formula is C13H18ClN. The van der Waals surface area contributed by atoms with Crippen molar-refractivity contribution in [3.63, 3.8) is 0 Å². The monoisotopic (exact) mass is 223 g/mol. The van der Waals surface area contributed by atoms with Crippen molar-refractivity contribution in [1.29, 1.82) is 0 Å². The van der Waals surface area contributed by atoms with Crippen molar-refractivity contribution >= 4 is 11.6 Å². The molecule has 15 heavy (non-hydrogen) atoms. The molecule has 0 radical (unpaired) electrons. The Morgan fingerprint density at radius 3 is 2.60 bits per heavy atom. The summed E-state index contributed by atoms with van der Waals surface area (Å²) < 4.78 is 0. The molecule has 1 nitrogen and oxygen atoms in total. The van der Waals surface area contributed by atoms with Crippen molar-refractivity contribution in [2.45, 2.75) is 39.2 Å². The topological polar surface area (TPSA) is 12.0 Å². The van der Waals surface area contributed by atoms with Crippen molar-refractivity contribution in [3.8, 4) is 0 Å². The first-order chi connectivity index (χ1) is 7.03. The van der Waals surface area contributed by atoms with Gasteiger partial charge in [-0.2, -0.15) is 0 Å². The Hall–Kier alpha value is -0.530. The molecule has 1 aromatic carbocycles. The lowest BCUT2D eigenvalue weighted by Crippen LogP contribution is -2.33. The molecular weight excluding hydrogens is 206 g/mol. The minimum atomic E-state index is 0.127. The molecule has 0 aliphatic carbocycles. The number of halogens is 1. The summed E-state index contributed by atoms with van der Waals surface area (Å²) in [6.07, 6.45) is 2.45. The highest BCUT2D eigenvalue weighted by molar-refractivity contribution is 6.31. The number of benzene rings is 1. The molecule has 1 aliphatic rings. The molecule has 2 heteroatoms. The minimum Gasteiger partial charge on any atom is -0.308 e. The van der Waals surface area contributed by atoms with Crippen LogP contribution in [0.4, 0.5) is 0 Å². The number of nitrogens with one attached hydrogen (secondary N) is 1. The molecule has 2 rings (SSSR count). The zero-order valence-corrected chi connectivity index (χ0v) is 10.4. The lowest BCUT2D eigenvalue weighted by atomic mass is 9.88. The van der Waals surface area contributed by atoms with Crippen molar-refractivity contribution in [1.82, 2.24) is 5.32 Å². The Bertz CT molecular complexity index is 355. The van der Waals surface area contributed by atoms with Crippen molar-refractivity contribution in [3.05, 3.63) is 33.8 Å². The SMILES string of the molecule is Cc1cc(C2(C)CCCN2)cc(Cl)c1C. The summed E-state index contributed by atoms with van der Waals surface area (Å²) in [4.78, 5) is 0. The van der Waals surface area contributed by atoms with E-state index in [1.807, 2.05) is 0 Å². The van der Waals surface area contributed by atoms with Gasteiger partial charge in [0, 0.05) is 10.6 Å². The molecule has 0 aromatic heterocycles. The molecule has 0 bridgehead atoms. The lowest BCUT2D eigenvalue weighted by Gasteiger charge is -2.26. The van der Waals surface area contributed by atoms with Gasteiger partial charge in [0.15, 0.2) is 0 Å². The Morgan fingerprint density at radius 1 is 1.33 bits per heavy atom. The average molecular weight is 224 g/mol. The van der Waals surface area contributed by atoms with E-state index >= 15 is 0 Å². The third-order valence-corrected chi connectivity index (χ3v) is 4.00. The Balaban J connectivity index is 2.45. The Labute approximate surface area is 96.8 Å².